The number of nitrogens with zero attached hydrogens (tertiary/aromatic N) is 1. The molecule has 5 nitrogen and oxygen atoms in total. The number of imide groups is 1. The first-order valence-corrected chi connectivity index (χ1v) is 6.08. The number of quaternary nitrogens is 1. The minimum absolute atomic E-state index is 0.0804. The van der Waals surface area contributed by atoms with Crippen LogP contribution in [-0.2, 0) is 9.53 Å². The van der Waals surface area contributed by atoms with Crippen molar-refractivity contribution in [1.82, 2.24) is 5.32 Å². The van der Waals surface area contributed by atoms with Gasteiger partial charge in [0.15, 0.2) is 0 Å². The van der Waals surface area contributed by atoms with Crippen molar-refractivity contribution in [2.24, 2.45) is 0 Å². The topological polar surface area (TPSA) is 55.4 Å². The minimum atomic E-state index is -0.401. The number of ether oxygens (including phenoxy) is 1. The van der Waals surface area contributed by atoms with Gasteiger partial charge in [0.05, 0.1) is 13.2 Å². The number of amides is 3. The van der Waals surface area contributed by atoms with E-state index in [-0.39, 0.29) is 22.5 Å². The summed E-state index contributed by atoms with van der Waals surface area (Å²) in [5.41, 5.74) is 1.00. The zero-order valence-electron chi connectivity index (χ0n) is 11.0. The van der Waals surface area contributed by atoms with E-state index in [0.29, 0.717) is 6.54 Å². The van der Waals surface area contributed by atoms with Gasteiger partial charge in [-0.25, -0.2) is 9.59 Å². The van der Waals surface area contributed by atoms with Gasteiger partial charge in [0, 0.05) is 12.7 Å². The third kappa shape index (κ3) is 2.11. The molecular formula is C13H19N2O3+. The second kappa shape index (κ2) is 4.66. The maximum atomic E-state index is 12.0. The van der Waals surface area contributed by atoms with Crippen molar-refractivity contribution in [3.63, 3.8) is 0 Å². The Morgan fingerprint density at radius 3 is 2.67 bits per heavy atom. The van der Waals surface area contributed by atoms with Crippen LogP contribution in [0, 0.1) is 0 Å². The summed E-state index contributed by atoms with van der Waals surface area (Å²) in [5, 5.41) is 2.67. The number of likely N-dealkylation sites (N-methyl/N-ethyl adjacent to an activating group) is 1. The van der Waals surface area contributed by atoms with Crippen molar-refractivity contribution in [3.8, 4) is 0 Å². The molecule has 0 spiro atoms. The van der Waals surface area contributed by atoms with Crippen molar-refractivity contribution < 1.29 is 18.8 Å². The molecule has 2 rings (SSSR count). The fourth-order valence-corrected chi connectivity index (χ4v) is 2.37. The van der Waals surface area contributed by atoms with Crippen LogP contribution in [0.2, 0.25) is 0 Å². The van der Waals surface area contributed by atoms with Crippen molar-refractivity contribution in [2.45, 2.75) is 25.5 Å². The molecule has 5 heteroatoms. The van der Waals surface area contributed by atoms with Gasteiger partial charge >= 0.3 is 11.9 Å². The van der Waals surface area contributed by atoms with Crippen molar-refractivity contribution in [1.29, 1.82) is 0 Å². The normalized spacial score (nSPS) is 35.6. The zero-order valence-corrected chi connectivity index (χ0v) is 11.0. The Bertz CT molecular complexity index is 442. The van der Waals surface area contributed by atoms with Crippen LogP contribution >= 0.6 is 0 Å². The molecule has 0 radical (unpaired) electrons. The lowest BCUT2D eigenvalue weighted by Crippen LogP contribution is -2.51. The van der Waals surface area contributed by atoms with Crippen LogP contribution in [0.25, 0.3) is 0 Å². The quantitative estimate of drug-likeness (QED) is 0.600. The number of rotatable bonds is 3. The van der Waals surface area contributed by atoms with Crippen molar-refractivity contribution >= 4 is 11.9 Å². The summed E-state index contributed by atoms with van der Waals surface area (Å²) >= 11 is 0. The Hall–Kier alpha value is -1.46. The lowest BCUT2D eigenvalue weighted by molar-refractivity contribution is -0.739. The summed E-state index contributed by atoms with van der Waals surface area (Å²) in [6.07, 6.45) is 6.81. The van der Waals surface area contributed by atoms with Crippen LogP contribution in [0.15, 0.2) is 23.8 Å². The van der Waals surface area contributed by atoms with Gasteiger partial charge in [0.1, 0.15) is 12.6 Å². The van der Waals surface area contributed by atoms with Gasteiger partial charge in [-0.1, -0.05) is 18.2 Å². The average molecular weight is 251 g/mol. The lowest BCUT2D eigenvalue weighted by Gasteiger charge is -2.24. The highest BCUT2D eigenvalue weighted by atomic mass is 16.5. The Balaban J connectivity index is 2.11. The van der Waals surface area contributed by atoms with E-state index in [9.17, 15) is 9.59 Å². The molecule has 0 aromatic heterocycles. The Kier molecular flexibility index (Phi) is 3.36. The first kappa shape index (κ1) is 13.0. The van der Waals surface area contributed by atoms with E-state index in [2.05, 4.69) is 5.32 Å². The molecule has 1 aliphatic heterocycles. The van der Waals surface area contributed by atoms with Gasteiger partial charge < -0.3 is 4.74 Å². The molecule has 0 bridgehead atoms. The molecule has 0 aromatic carbocycles. The molecule has 18 heavy (non-hydrogen) atoms. The highest BCUT2D eigenvalue weighted by Crippen LogP contribution is 2.21. The average Bonchev–Trinajstić information content (AvgIpc) is 2.55. The standard InChI is InChI=1S/C13H18N2O3/c1-9-12(16)15(2,13(17)14-9)8-10-4-6-11(18-3)7-5-10/h4-6,9,11H,7-8H2,1-3H3/p+1/t9-,11?,15?/m0/s1. The largest absolute Gasteiger partial charge is 0.424 e. The van der Waals surface area contributed by atoms with E-state index >= 15 is 0 Å². The van der Waals surface area contributed by atoms with Gasteiger partial charge in [-0.3, -0.25) is 5.32 Å². The summed E-state index contributed by atoms with van der Waals surface area (Å²) in [6, 6.07) is -0.627. The van der Waals surface area contributed by atoms with Gasteiger partial charge in [-0.2, -0.15) is 4.48 Å². The number of nitrogens with one attached hydrogen (secondary N) is 1. The third-order valence-corrected chi connectivity index (χ3v) is 3.58. The fourth-order valence-electron chi connectivity index (χ4n) is 2.37. The summed E-state index contributed by atoms with van der Waals surface area (Å²) in [6.45, 7) is 2.12. The van der Waals surface area contributed by atoms with E-state index in [1.165, 1.54) is 0 Å². The number of urea groups is 1. The SMILES string of the molecule is COC1C=CC(C[N+]2(C)C(=O)N[C@@H](C)C2=O)=CC1. The maximum Gasteiger partial charge on any atom is 0.424 e. The van der Waals surface area contributed by atoms with E-state index in [1.54, 1.807) is 21.1 Å². The van der Waals surface area contributed by atoms with Crippen LogP contribution in [0.1, 0.15) is 13.3 Å². The van der Waals surface area contributed by atoms with E-state index < -0.39 is 6.04 Å². The van der Waals surface area contributed by atoms with Crippen LogP contribution in [0.3, 0.4) is 0 Å². The zero-order chi connectivity index (χ0) is 13.3. The number of methoxy groups -OCH3 is 1. The van der Waals surface area contributed by atoms with Crippen molar-refractivity contribution in [3.05, 3.63) is 23.8 Å². The van der Waals surface area contributed by atoms with Crippen LogP contribution in [-0.4, -0.2) is 49.3 Å². The Morgan fingerprint density at radius 2 is 2.22 bits per heavy atom. The Morgan fingerprint density at radius 1 is 1.50 bits per heavy atom. The predicted octanol–water partition coefficient (Wildman–Crippen LogP) is 0.973. The van der Waals surface area contributed by atoms with Crippen LogP contribution in [0.5, 0.6) is 0 Å². The predicted molar refractivity (Wildman–Crippen MR) is 66.7 cm³/mol. The second-order valence-corrected chi connectivity index (χ2v) is 5.01. The smallest absolute Gasteiger partial charge is 0.377 e. The summed E-state index contributed by atoms with van der Waals surface area (Å²) in [7, 11) is 3.33. The van der Waals surface area contributed by atoms with E-state index in [4.69, 9.17) is 4.74 Å². The molecule has 1 heterocycles. The third-order valence-electron chi connectivity index (χ3n) is 3.58. The van der Waals surface area contributed by atoms with Gasteiger partial charge in [-0.05, 0) is 13.3 Å². The number of carbonyl (C=O) groups is 2. The molecule has 98 valence electrons. The van der Waals surface area contributed by atoms with Gasteiger partial charge in [0.25, 0.3) is 0 Å². The van der Waals surface area contributed by atoms with Crippen LogP contribution in [0.4, 0.5) is 4.79 Å². The highest BCUT2D eigenvalue weighted by molar-refractivity contribution is 5.94. The van der Waals surface area contributed by atoms with Crippen molar-refractivity contribution in [2.75, 3.05) is 20.7 Å². The summed E-state index contributed by atoms with van der Waals surface area (Å²) < 4.78 is 5.01. The molecule has 2 aliphatic rings. The molecular weight excluding hydrogens is 232 g/mol. The van der Waals surface area contributed by atoms with E-state index in [0.717, 1.165) is 12.0 Å². The summed E-state index contributed by atoms with van der Waals surface area (Å²) in [4.78, 5) is 23.9. The number of hydrogen-bond acceptors (Lipinski definition) is 3. The Labute approximate surface area is 107 Å². The molecule has 3 atom stereocenters. The number of hydrogen-bond donors (Lipinski definition) is 1. The molecule has 2 unspecified atom stereocenters. The molecule has 0 saturated carbocycles. The number of carbonyl (C=O) groups excluding carboxylic acids is 2. The molecule has 3 amide bonds. The molecule has 1 fully saturated rings. The molecule has 0 aromatic rings. The van der Waals surface area contributed by atoms with Gasteiger partial charge in [0.2, 0.25) is 0 Å². The second-order valence-electron chi connectivity index (χ2n) is 5.01. The highest BCUT2D eigenvalue weighted by Gasteiger charge is 2.51. The minimum Gasteiger partial charge on any atom is -0.377 e. The first-order chi connectivity index (χ1) is 8.47. The monoisotopic (exact) mass is 251 g/mol. The molecule has 1 aliphatic carbocycles. The lowest BCUT2D eigenvalue weighted by atomic mass is 10.0. The molecule has 1 saturated heterocycles. The first-order valence-electron chi connectivity index (χ1n) is 6.08. The van der Waals surface area contributed by atoms with Crippen LogP contribution < -0.4 is 5.32 Å². The van der Waals surface area contributed by atoms with Gasteiger partial charge in [-0.15, -0.1) is 0 Å². The summed E-state index contributed by atoms with van der Waals surface area (Å²) in [5.74, 6) is -0.0804. The molecule has 1 N–H and O–H groups in total. The fraction of sp³-hybridized carbons (Fsp3) is 0.538. The van der Waals surface area contributed by atoms with E-state index in [1.807, 2.05) is 18.2 Å². The maximum absolute atomic E-state index is 12.0.